The standard InChI is InChI=1S/C13H17FN6/c1-19-17-12(16-18-19)10-20-8-5-13(14,6-9-20)11-4-2-3-7-15-11/h2-4,7H,5-6,8-10H2,1H3. The number of pyridine rings is 1. The highest BCUT2D eigenvalue weighted by Crippen LogP contribution is 2.35. The quantitative estimate of drug-likeness (QED) is 0.839. The lowest BCUT2D eigenvalue weighted by Gasteiger charge is -2.35. The molecule has 0 unspecified atom stereocenters. The Morgan fingerprint density at radius 2 is 2.10 bits per heavy atom. The molecule has 0 aromatic carbocycles. The summed E-state index contributed by atoms with van der Waals surface area (Å²) >= 11 is 0. The Kier molecular flexibility index (Phi) is 3.43. The maximum absolute atomic E-state index is 14.9. The van der Waals surface area contributed by atoms with Crippen LogP contribution in [0.4, 0.5) is 4.39 Å². The van der Waals surface area contributed by atoms with Gasteiger partial charge in [0.25, 0.3) is 0 Å². The van der Waals surface area contributed by atoms with Gasteiger partial charge < -0.3 is 0 Å². The van der Waals surface area contributed by atoms with Crippen molar-refractivity contribution in [3.8, 4) is 0 Å². The summed E-state index contributed by atoms with van der Waals surface area (Å²) in [6.07, 6.45) is 2.54. The van der Waals surface area contributed by atoms with Crippen molar-refractivity contribution < 1.29 is 4.39 Å². The highest BCUT2D eigenvalue weighted by Gasteiger charge is 2.37. The highest BCUT2D eigenvalue weighted by atomic mass is 19.1. The van der Waals surface area contributed by atoms with Crippen molar-refractivity contribution in [1.29, 1.82) is 0 Å². The van der Waals surface area contributed by atoms with Crippen molar-refractivity contribution in [2.45, 2.75) is 25.1 Å². The molecular formula is C13H17FN6. The largest absolute Gasteiger partial charge is 0.296 e. The Bertz CT molecular complexity index is 561. The molecule has 0 radical (unpaired) electrons. The molecular weight excluding hydrogens is 259 g/mol. The molecule has 0 saturated carbocycles. The molecule has 1 aliphatic rings. The topological polar surface area (TPSA) is 59.7 Å². The van der Waals surface area contributed by atoms with Crippen LogP contribution in [0.25, 0.3) is 0 Å². The van der Waals surface area contributed by atoms with Crippen LogP contribution in [0.3, 0.4) is 0 Å². The number of rotatable bonds is 3. The fourth-order valence-electron chi connectivity index (χ4n) is 2.54. The number of nitrogens with zero attached hydrogens (tertiary/aromatic N) is 6. The maximum atomic E-state index is 14.9. The van der Waals surface area contributed by atoms with Crippen LogP contribution < -0.4 is 0 Å². The van der Waals surface area contributed by atoms with Gasteiger partial charge in [-0.1, -0.05) is 6.07 Å². The van der Waals surface area contributed by atoms with Gasteiger partial charge in [0.05, 0.1) is 19.3 Å². The number of hydrogen-bond acceptors (Lipinski definition) is 5. The molecule has 2 aromatic rings. The van der Waals surface area contributed by atoms with Crippen molar-refractivity contribution in [1.82, 2.24) is 30.1 Å². The smallest absolute Gasteiger partial charge is 0.188 e. The second-order valence-electron chi connectivity index (χ2n) is 5.15. The van der Waals surface area contributed by atoms with E-state index in [9.17, 15) is 4.39 Å². The Morgan fingerprint density at radius 1 is 1.30 bits per heavy atom. The van der Waals surface area contributed by atoms with Crippen LogP contribution in [0.2, 0.25) is 0 Å². The summed E-state index contributed by atoms with van der Waals surface area (Å²) in [4.78, 5) is 7.74. The summed E-state index contributed by atoms with van der Waals surface area (Å²) in [5.41, 5.74) is -0.773. The molecule has 1 aliphatic heterocycles. The molecule has 0 aliphatic carbocycles. The molecule has 1 fully saturated rings. The van der Waals surface area contributed by atoms with Gasteiger partial charge in [-0.15, -0.1) is 10.2 Å². The average Bonchev–Trinajstić information content (AvgIpc) is 2.88. The highest BCUT2D eigenvalue weighted by molar-refractivity contribution is 5.14. The third kappa shape index (κ3) is 2.67. The Labute approximate surface area is 116 Å². The molecule has 0 N–H and O–H groups in total. The Morgan fingerprint density at radius 3 is 2.70 bits per heavy atom. The van der Waals surface area contributed by atoms with Gasteiger partial charge in [-0.3, -0.25) is 9.88 Å². The van der Waals surface area contributed by atoms with Gasteiger partial charge >= 0.3 is 0 Å². The third-order valence-corrected chi connectivity index (χ3v) is 3.69. The minimum atomic E-state index is -1.31. The van der Waals surface area contributed by atoms with E-state index in [1.807, 2.05) is 12.1 Å². The Balaban J connectivity index is 1.62. The summed E-state index contributed by atoms with van der Waals surface area (Å²) in [5.74, 6) is 0.677. The van der Waals surface area contributed by atoms with Crippen LogP contribution in [0, 0.1) is 0 Å². The van der Waals surface area contributed by atoms with Gasteiger partial charge in [0.15, 0.2) is 11.5 Å². The van der Waals surface area contributed by atoms with Gasteiger partial charge in [-0.2, -0.15) is 4.80 Å². The normalized spacial score (nSPS) is 19.1. The summed E-state index contributed by atoms with van der Waals surface area (Å²) in [7, 11) is 1.74. The number of alkyl halides is 1. The molecule has 0 amide bonds. The second-order valence-corrected chi connectivity index (χ2v) is 5.15. The predicted molar refractivity (Wildman–Crippen MR) is 70.3 cm³/mol. The SMILES string of the molecule is Cn1nnc(CN2CCC(F)(c3ccccn3)CC2)n1. The first-order valence-electron chi connectivity index (χ1n) is 6.71. The zero-order valence-corrected chi connectivity index (χ0v) is 11.4. The van der Waals surface area contributed by atoms with Crippen LogP contribution >= 0.6 is 0 Å². The molecule has 20 heavy (non-hydrogen) atoms. The van der Waals surface area contributed by atoms with E-state index in [0.29, 0.717) is 44.0 Å². The van der Waals surface area contributed by atoms with Crippen LogP contribution in [-0.4, -0.2) is 43.2 Å². The molecule has 7 heteroatoms. The van der Waals surface area contributed by atoms with E-state index in [0.717, 1.165) is 0 Å². The van der Waals surface area contributed by atoms with Gasteiger partial charge in [-0.25, -0.2) is 4.39 Å². The fourth-order valence-corrected chi connectivity index (χ4v) is 2.54. The lowest BCUT2D eigenvalue weighted by molar-refractivity contribution is 0.0479. The van der Waals surface area contributed by atoms with Crippen molar-refractivity contribution in [3.63, 3.8) is 0 Å². The zero-order valence-electron chi connectivity index (χ0n) is 11.4. The van der Waals surface area contributed by atoms with E-state index in [1.54, 1.807) is 19.3 Å². The van der Waals surface area contributed by atoms with Crippen LogP contribution in [0.15, 0.2) is 24.4 Å². The number of hydrogen-bond donors (Lipinski definition) is 0. The van der Waals surface area contributed by atoms with E-state index in [4.69, 9.17) is 0 Å². The first-order valence-corrected chi connectivity index (χ1v) is 6.71. The average molecular weight is 276 g/mol. The third-order valence-electron chi connectivity index (χ3n) is 3.69. The molecule has 6 nitrogen and oxygen atoms in total. The molecule has 0 atom stereocenters. The first kappa shape index (κ1) is 13.1. The molecule has 3 rings (SSSR count). The number of aromatic nitrogens is 5. The van der Waals surface area contributed by atoms with E-state index >= 15 is 0 Å². The maximum Gasteiger partial charge on any atom is 0.188 e. The molecule has 0 spiro atoms. The summed E-state index contributed by atoms with van der Waals surface area (Å²) in [6.45, 7) is 1.96. The number of piperidine rings is 1. The number of halogens is 1. The van der Waals surface area contributed by atoms with E-state index in [1.165, 1.54) is 4.80 Å². The van der Waals surface area contributed by atoms with Gasteiger partial charge in [0, 0.05) is 19.3 Å². The molecule has 3 heterocycles. The van der Waals surface area contributed by atoms with Crippen molar-refractivity contribution >= 4 is 0 Å². The van der Waals surface area contributed by atoms with E-state index < -0.39 is 5.67 Å². The van der Waals surface area contributed by atoms with Gasteiger partial charge in [0.2, 0.25) is 0 Å². The molecule has 0 bridgehead atoms. The number of likely N-dealkylation sites (tertiary alicyclic amines) is 1. The summed E-state index contributed by atoms with van der Waals surface area (Å²) < 4.78 is 14.9. The first-order chi connectivity index (χ1) is 9.66. The lowest BCUT2D eigenvalue weighted by Crippen LogP contribution is -2.40. The molecule has 1 saturated heterocycles. The van der Waals surface area contributed by atoms with Crippen molar-refractivity contribution in [2.24, 2.45) is 7.05 Å². The van der Waals surface area contributed by atoms with Crippen molar-refractivity contribution in [2.75, 3.05) is 13.1 Å². The van der Waals surface area contributed by atoms with Crippen LogP contribution in [-0.2, 0) is 19.3 Å². The van der Waals surface area contributed by atoms with Crippen molar-refractivity contribution in [3.05, 3.63) is 35.9 Å². The van der Waals surface area contributed by atoms with Gasteiger partial charge in [0.1, 0.15) is 0 Å². The summed E-state index contributed by atoms with van der Waals surface area (Å²) in [5, 5.41) is 11.9. The predicted octanol–water partition coefficient (Wildman–Crippen LogP) is 1.07. The van der Waals surface area contributed by atoms with E-state index in [-0.39, 0.29) is 0 Å². The van der Waals surface area contributed by atoms with Gasteiger partial charge in [-0.05, 0) is 30.2 Å². The van der Waals surface area contributed by atoms with E-state index in [2.05, 4.69) is 25.3 Å². The zero-order chi connectivity index (χ0) is 14.0. The summed E-state index contributed by atoms with van der Waals surface area (Å²) in [6, 6.07) is 5.40. The number of tetrazole rings is 1. The minimum Gasteiger partial charge on any atom is -0.296 e. The van der Waals surface area contributed by atoms with Crippen LogP contribution in [0.1, 0.15) is 24.4 Å². The molecule has 106 valence electrons. The lowest BCUT2D eigenvalue weighted by atomic mass is 9.89. The molecule has 2 aromatic heterocycles. The monoisotopic (exact) mass is 276 g/mol. The fraction of sp³-hybridized carbons (Fsp3) is 0.538. The minimum absolute atomic E-state index is 0.449. The number of aryl methyl sites for hydroxylation is 1. The van der Waals surface area contributed by atoms with Crippen LogP contribution in [0.5, 0.6) is 0 Å². The Hall–Kier alpha value is -1.89. The second kappa shape index (κ2) is 5.24.